The van der Waals surface area contributed by atoms with E-state index in [4.69, 9.17) is 4.74 Å². The Hall–Kier alpha value is -1.02. The van der Waals surface area contributed by atoms with Gasteiger partial charge in [0.1, 0.15) is 5.75 Å². The third-order valence-electron chi connectivity index (χ3n) is 4.03. The molecule has 1 N–H and O–H groups in total. The molecule has 0 amide bonds. The lowest BCUT2D eigenvalue weighted by Gasteiger charge is -2.24. The molecule has 2 rings (SSSR count). The minimum atomic E-state index is -0.379. The molecule has 2 heteroatoms. The summed E-state index contributed by atoms with van der Waals surface area (Å²) in [7, 11) is 0. The van der Waals surface area contributed by atoms with E-state index in [9.17, 15) is 5.11 Å². The van der Waals surface area contributed by atoms with Crippen LogP contribution in [0.25, 0.3) is 0 Å². The highest BCUT2D eigenvalue weighted by Crippen LogP contribution is 2.42. The first-order valence-corrected chi connectivity index (χ1v) is 7.13. The van der Waals surface area contributed by atoms with Crippen LogP contribution in [0.4, 0.5) is 0 Å². The predicted octanol–water partition coefficient (Wildman–Crippen LogP) is 3.95. The van der Waals surface area contributed by atoms with Gasteiger partial charge in [-0.3, -0.25) is 0 Å². The zero-order chi connectivity index (χ0) is 13.0. The Kier molecular flexibility index (Phi) is 4.65. The van der Waals surface area contributed by atoms with E-state index in [0.717, 1.165) is 24.2 Å². The first-order valence-electron chi connectivity index (χ1n) is 7.13. The summed E-state index contributed by atoms with van der Waals surface area (Å²) in [6, 6.07) is 7.92. The smallest absolute Gasteiger partial charge is 0.125 e. The Labute approximate surface area is 110 Å². The molecule has 3 unspecified atom stereocenters. The van der Waals surface area contributed by atoms with Gasteiger partial charge in [-0.1, -0.05) is 44.9 Å². The number of para-hydroxylation sites is 1. The van der Waals surface area contributed by atoms with Gasteiger partial charge >= 0.3 is 0 Å². The summed E-state index contributed by atoms with van der Waals surface area (Å²) < 4.78 is 5.74. The number of aliphatic hydroxyl groups excluding tert-OH is 1. The quantitative estimate of drug-likeness (QED) is 0.855. The van der Waals surface area contributed by atoms with Crippen molar-refractivity contribution in [2.75, 3.05) is 6.61 Å². The highest BCUT2D eigenvalue weighted by molar-refractivity contribution is 5.35. The average molecular weight is 248 g/mol. The molecule has 0 radical (unpaired) electrons. The van der Waals surface area contributed by atoms with Crippen molar-refractivity contribution in [3.8, 4) is 5.75 Å². The lowest BCUT2D eigenvalue weighted by Crippen LogP contribution is -2.16. The standard InChI is InChI=1S/C16H24O2/c1-3-11-18-15-10-5-4-8-14(15)16(17)13-9-6-7-12(13)2/h4-5,8,10,12-13,16-17H,3,6-7,9,11H2,1-2H3. The third-order valence-corrected chi connectivity index (χ3v) is 4.03. The first kappa shape index (κ1) is 13.4. The van der Waals surface area contributed by atoms with Crippen molar-refractivity contribution in [1.29, 1.82) is 0 Å². The Morgan fingerprint density at radius 3 is 2.78 bits per heavy atom. The highest BCUT2D eigenvalue weighted by atomic mass is 16.5. The van der Waals surface area contributed by atoms with Crippen molar-refractivity contribution in [3.05, 3.63) is 29.8 Å². The van der Waals surface area contributed by atoms with Crippen LogP contribution in [0.5, 0.6) is 5.75 Å². The van der Waals surface area contributed by atoms with Crippen molar-refractivity contribution in [1.82, 2.24) is 0 Å². The van der Waals surface area contributed by atoms with E-state index in [2.05, 4.69) is 13.8 Å². The summed E-state index contributed by atoms with van der Waals surface area (Å²) in [4.78, 5) is 0. The Morgan fingerprint density at radius 1 is 1.33 bits per heavy atom. The normalized spacial score (nSPS) is 25.1. The van der Waals surface area contributed by atoms with Gasteiger partial charge in [-0.2, -0.15) is 0 Å². The van der Waals surface area contributed by atoms with Crippen LogP contribution in [0.2, 0.25) is 0 Å². The van der Waals surface area contributed by atoms with Crippen LogP contribution in [0.1, 0.15) is 51.2 Å². The summed E-state index contributed by atoms with van der Waals surface area (Å²) in [5.74, 6) is 1.85. The minimum Gasteiger partial charge on any atom is -0.493 e. The second kappa shape index (κ2) is 6.24. The van der Waals surface area contributed by atoms with Crippen LogP contribution in [-0.4, -0.2) is 11.7 Å². The number of aliphatic hydroxyl groups is 1. The zero-order valence-corrected chi connectivity index (χ0v) is 11.4. The van der Waals surface area contributed by atoms with Gasteiger partial charge in [-0.05, 0) is 30.7 Å². The zero-order valence-electron chi connectivity index (χ0n) is 11.4. The molecular weight excluding hydrogens is 224 g/mol. The molecule has 18 heavy (non-hydrogen) atoms. The largest absolute Gasteiger partial charge is 0.493 e. The summed E-state index contributed by atoms with van der Waals surface area (Å²) in [5, 5.41) is 10.6. The van der Waals surface area contributed by atoms with Gasteiger partial charge in [0.15, 0.2) is 0 Å². The van der Waals surface area contributed by atoms with E-state index >= 15 is 0 Å². The second-order valence-corrected chi connectivity index (χ2v) is 5.40. The Bertz CT molecular complexity index is 375. The van der Waals surface area contributed by atoms with Crippen LogP contribution in [0, 0.1) is 11.8 Å². The summed E-state index contributed by atoms with van der Waals surface area (Å²) in [6.45, 7) is 5.05. The molecule has 2 nitrogen and oxygen atoms in total. The SMILES string of the molecule is CCCOc1ccccc1C(O)C1CCCC1C. The fourth-order valence-corrected chi connectivity index (χ4v) is 2.94. The Balaban J connectivity index is 2.15. The number of hydrogen-bond acceptors (Lipinski definition) is 2. The van der Waals surface area contributed by atoms with Crippen molar-refractivity contribution in [3.63, 3.8) is 0 Å². The molecule has 0 saturated heterocycles. The summed E-state index contributed by atoms with van der Waals surface area (Å²) >= 11 is 0. The molecule has 1 aromatic carbocycles. The molecule has 0 aromatic heterocycles. The molecule has 1 aromatic rings. The molecule has 1 aliphatic carbocycles. The number of hydrogen-bond donors (Lipinski definition) is 1. The van der Waals surface area contributed by atoms with E-state index in [-0.39, 0.29) is 6.10 Å². The van der Waals surface area contributed by atoms with Gasteiger partial charge in [0.2, 0.25) is 0 Å². The minimum absolute atomic E-state index is 0.379. The van der Waals surface area contributed by atoms with Crippen molar-refractivity contribution in [2.45, 2.75) is 45.6 Å². The molecule has 1 aliphatic rings. The molecule has 1 fully saturated rings. The topological polar surface area (TPSA) is 29.5 Å². The predicted molar refractivity (Wildman–Crippen MR) is 73.7 cm³/mol. The monoisotopic (exact) mass is 248 g/mol. The molecule has 100 valence electrons. The molecule has 1 saturated carbocycles. The van der Waals surface area contributed by atoms with E-state index in [1.807, 2.05) is 24.3 Å². The van der Waals surface area contributed by atoms with Gasteiger partial charge in [-0.15, -0.1) is 0 Å². The van der Waals surface area contributed by atoms with E-state index < -0.39 is 0 Å². The highest BCUT2D eigenvalue weighted by Gasteiger charge is 2.31. The van der Waals surface area contributed by atoms with Crippen molar-refractivity contribution in [2.24, 2.45) is 11.8 Å². The van der Waals surface area contributed by atoms with Gasteiger partial charge < -0.3 is 9.84 Å². The lowest BCUT2D eigenvalue weighted by atomic mass is 9.88. The van der Waals surface area contributed by atoms with Crippen LogP contribution >= 0.6 is 0 Å². The summed E-state index contributed by atoms with van der Waals surface area (Å²) in [5.41, 5.74) is 0.963. The van der Waals surface area contributed by atoms with Gasteiger partial charge in [0, 0.05) is 5.56 Å². The Morgan fingerprint density at radius 2 is 2.11 bits per heavy atom. The van der Waals surface area contributed by atoms with Crippen molar-refractivity contribution < 1.29 is 9.84 Å². The lowest BCUT2D eigenvalue weighted by molar-refractivity contribution is 0.0867. The third kappa shape index (κ3) is 2.86. The van der Waals surface area contributed by atoms with E-state index in [0.29, 0.717) is 18.4 Å². The first-order chi connectivity index (χ1) is 8.74. The number of benzene rings is 1. The second-order valence-electron chi connectivity index (χ2n) is 5.40. The maximum absolute atomic E-state index is 10.6. The fraction of sp³-hybridized carbons (Fsp3) is 0.625. The molecule has 0 spiro atoms. The van der Waals surface area contributed by atoms with Gasteiger partial charge in [0.25, 0.3) is 0 Å². The van der Waals surface area contributed by atoms with Gasteiger partial charge in [0.05, 0.1) is 12.7 Å². The number of rotatable bonds is 5. The molecule has 0 bridgehead atoms. The molecule has 3 atom stereocenters. The van der Waals surface area contributed by atoms with E-state index in [1.165, 1.54) is 12.8 Å². The average Bonchev–Trinajstić information content (AvgIpc) is 2.82. The summed E-state index contributed by atoms with van der Waals surface area (Å²) in [6.07, 6.45) is 4.21. The maximum atomic E-state index is 10.6. The molecule has 0 aliphatic heterocycles. The van der Waals surface area contributed by atoms with Gasteiger partial charge in [-0.25, -0.2) is 0 Å². The maximum Gasteiger partial charge on any atom is 0.125 e. The van der Waals surface area contributed by atoms with E-state index in [1.54, 1.807) is 0 Å². The van der Waals surface area contributed by atoms with Crippen LogP contribution in [0.15, 0.2) is 24.3 Å². The molecular formula is C16H24O2. The molecule has 0 heterocycles. The van der Waals surface area contributed by atoms with Crippen LogP contribution in [-0.2, 0) is 0 Å². The van der Waals surface area contributed by atoms with Crippen LogP contribution < -0.4 is 4.74 Å². The fourth-order valence-electron chi connectivity index (χ4n) is 2.94. The van der Waals surface area contributed by atoms with Crippen LogP contribution in [0.3, 0.4) is 0 Å². The number of ether oxygens (including phenoxy) is 1. The van der Waals surface area contributed by atoms with Crippen molar-refractivity contribution >= 4 is 0 Å².